The van der Waals surface area contributed by atoms with Crippen LogP contribution in [0.5, 0.6) is 0 Å². The Bertz CT molecular complexity index is 755. The summed E-state index contributed by atoms with van der Waals surface area (Å²) < 4.78 is 0. The van der Waals surface area contributed by atoms with Crippen LogP contribution in [0.3, 0.4) is 0 Å². The number of carbonyl (C=O) groups excluding carboxylic acids is 2. The second kappa shape index (κ2) is 8.46. The van der Waals surface area contributed by atoms with Crippen molar-refractivity contribution >= 4 is 17.5 Å². The molecule has 0 aliphatic carbocycles. The zero-order valence-corrected chi connectivity index (χ0v) is 14.9. The number of aliphatic hydroxyl groups excluding tert-OH is 1. The van der Waals surface area contributed by atoms with Gasteiger partial charge in [0.2, 0.25) is 0 Å². The summed E-state index contributed by atoms with van der Waals surface area (Å²) in [6.07, 6.45) is -1.15. The number of nitrogens with one attached hydrogen (secondary N) is 2. The van der Waals surface area contributed by atoms with E-state index in [1.165, 1.54) is 12.4 Å². The monoisotopic (exact) mass is 357 g/mol. The molecule has 2 aromatic rings. The summed E-state index contributed by atoms with van der Waals surface area (Å²) in [5.74, 6) is -1.40. The normalized spacial score (nSPS) is 12.8. The minimum atomic E-state index is -1.24. The number of benzene rings is 2. The molecule has 4 N–H and O–H groups in total. The topological polar surface area (TPSA) is 102 Å². The molecule has 0 bridgehead atoms. The van der Waals surface area contributed by atoms with Gasteiger partial charge in [0.15, 0.2) is 0 Å². The van der Waals surface area contributed by atoms with E-state index in [0.29, 0.717) is 5.56 Å². The van der Waals surface area contributed by atoms with Gasteiger partial charge < -0.3 is 15.3 Å². The number of hydrogen-bond acceptors (Lipinski definition) is 5. The minimum absolute atomic E-state index is 0.343. The summed E-state index contributed by atoms with van der Waals surface area (Å²) in [7, 11) is 3.94. The second-order valence-electron chi connectivity index (χ2n) is 6.19. The van der Waals surface area contributed by atoms with Crippen LogP contribution >= 0.6 is 0 Å². The van der Waals surface area contributed by atoms with Gasteiger partial charge in [-0.2, -0.15) is 0 Å². The zero-order chi connectivity index (χ0) is 19.3. The van der Waals surface area contributed by atoms with Gasteiger partial charge in [-0.15, -0.1) is 0 Å². The molecule has 2 amide bonds. The molecule has 7 heteroatoms. The zero-order valence-electron chi connectivity index (χ0n) is 14.9. The molecule has 26 heavy (non-hydrogen) atoms. The highest BCUT2D eigenvalue weighted by Crippen LogP contribution is 2.22. The summed E-state index contributed by atoms with van der Waals surface area (Å²) in [6.45, 7) is 1.35. The van der Waals surface area contributed by atoms with E-state index in [0.717, 1.165) is 16.8 Å². The van der Waals surface area contributed by atoms with Crippen molar-refractivity contribution in [3.63, 3.8) is 0 Å². The molecule has 0 aliphatic rings. The van der Waals surface area contributed by atoms with Crippen molar-refractivity contribution in [3.8, 4) is 11.1 Å². The molecule has 2 aromatic carbocycles. The van der Waals surface area contributed by atoms with Crippen LogP contribution in [0.2, 0.25) is 0 Å². The molecule has 2 rings (SSSR count). The number of anilines is 1. The van der Waals surface area contributed by atoms with Crippen molar-refractivity contribution < 1.29 is 19.9 Å². The van der Waals surface area contributed by atoms with Gasteiger partial charge in [0.05, 0.1) is 6.10 Å². The first-order valence-electron chi connectivity index (χ1n) is 8.14. The summed E-state index contributed by atoms with van der Waals surface area (Å²) >= 11 is 0. The first kappa shape index (κ1) is 19.4. The predicted octanol–water partition coefficient (Wildman–Crippen LogP) is 1.40. The van der Waals surface area contributed by atoms with Crippen LogP contribution in [-0.2, 0) is 4.79 Å². The van der Waals surface area contributed by atoms with Crippen molar-refractivity contribution in [2.24, 2.45) is 0 Å². The molecule has 0 aliphatic heterocycles. The number of amides is 2. The van der Waals surface area contributed by atoms with Gasteiger partial charge in [0.1, 0.15) is 6.04 Å². The van der Waals surface area contributed by atoms with Crippen LogP contribution in [0.4, 0.5) is 5.69 Å². The molecule has 0 saturated heterocycles. The van der Waals surface area contributed by atoms with Crippen molar-refractivity contribution in [1.82, 2.24) is 10.8 Å². The summed E-state index contributed by atoms with van der Waals surface area (Å²) in [6, 6.07) is 13.7. The van der Waals surface area contributed by atoms with E-state index in [9.17, 15) is 14.7 Å². The van der Waals surface area contributed by atoms with E-state index in [-0.39, 0.29) is 0 Å². The molecule has 0 spiro atoms. The molecule has 138 valence electrons. The van der Waals surface area contributed by atoms with Crippen molar-refractivity contribution in [2.45, 2.75) is 19.1 Å². The lowest BCUT2D eigenvalue weighted by Crippen LogP contribution is -2.51. The Morgan fingerprint density at radius 1 is 0.962 bits per heavy atom. The Kier molecular flexibility index (Phi) is 6.32. The SMILES string of the molecule is C[C@@H](O)[C@H](NC(=O)c1ccc(-c2ccc(N(C)C)cc2)cc1)C(=O)NO. The number of hydroxylamine groups is 1. The highest BCUT2D eigenvalue weighted by Gasteiger charge is 2.25. The Labute approximate surface area is 152 Å². The predicted molar refractivity (Wildman–Crippen MR) is 99.1 cm³/mol. The molecule has 0 saturated carbocycles. The number of aliphatic hydroxyl groups is 1. The molecule has 0 fully saturated rings. The summed E-state index contributed by atoms with van der Waals surface area (Å²) in [5.41, 5.74) is 4.83. The molecule has 7 nitrogen and oxygen atoms in total. The highest BCUT2D eigenvalue weighted by atomic mass is 16.5. The van der Waals surface area contributed by atoms with E-state index in [4.69, 9.17) is 5.21 Å². The van der Waals surface area contributed by atoms with Gasteiger partial charge in [-0.05, 0) is 42.3 Å². The largest absolute Gasteiger partial charge is 0.391 e. The van der Waals surface area contributed by atoms with Gasteiger partial charge in [0.25, 0.3) is 11.8 Å². The van der Waals surface area contributed by atoms with Crippen LogP contribution in [0.1, 0.15) is 17.3 Å². The molecular weight excluding hydrogens is 334 g/mol. The van der Waals surface area contributed by atoms with E-state index in [1.807, 2.05) is 55.4 Å². The summed E-state index contributed by atoms with van der Waals surface area (Å²) in [4.78, 5) is 25.8. The van der Waals surface area contributed by atoms with E-state index in [1.54, 1.807) is 12.1 Å². The van der Waals surface area contributed by atoms with Crippen molar-refractivity contribution in [2.75, 3.05) is 19.0 Å². The maximum absolute atomic E-state index is 12.3. The third kappa shape index (κ3) is 4.59. The molecule has 2 atom stereocenters. The van der Waals surface area contributed by atoms with Crippen LogP contribution in [0.25, 0.3) is 11.1 Å². The van der Waals surface area contributed by atoms with Crippen LogP contribution < -0.4 is 15.7 Å². The Balaban J connectivity index is 2.13. The van der Waals surface area contributed by atoms with Gasteiger partial charge >= 0.3 is 0 Å². The maximum Gasteiger partial charge on any atom is 0.268 e. The maximum atomic E-state index is 12.3. The molecule has 0 heterocycles. The third-order valence-corrected chi connectivity index (χ3v) is 4.03. The first-order chi connectivity index (χ1) is 12.3. The molecule has 0 unspecified atom stereocenters. The fraction of sp³-hybridized carbons (Fsp3) is 0.263. The van der Waals surface area contributed by atoms with Gasteiger partial charge in [-0.25, -0.2) is 5.48 Å². The number of rotatable bonds is 6. The summed E-state index contributed by atoms with van der Waals surface area (Å²) in [5, 5.41) is 20.7. The lowest BCUT2D eigenvalue weighted by molar-refractivity contribution is -0.133. The van der Waals surface area contributed by atoms with Gasteiger partial charge in [-0.3, -0.25) is 14.8 Å². The van der Waals surface area contributed by atoms with Crippen LogP contribution in [0, 0.1) is 0 Å². The van der Waals surface area contributed by atoms with Crippen LogP contribution in [-0.4, -0.2) is 48.4 Å². The average Bonchev–Trinajstić information content (AvgIpc) is 2.65. The van der Waals surface area contributed by atoms with Crippen molar-refractivity contribution in [3.05, 3.63) is 54.1 Å². The Hall–Kier alpha value is -2.90. The van der Waals surface area contributed by atoms with Crippen LogP contribution in [0.15, 0.2) is 48.5 Å². The fourth-order valence-corrected chi connectivity index (χ4v) is 2.47. The third-order valence-electron chi connectivity index (χ3n) is 4.03. The number of carbonyl (C=O) groups is 2. The van der Waals surface area contributed by atoms with E-state index >= 15 is 0 Å². The smallest absolute Gasteiger partial charge is 0.268 e. The first-order valence-corrected chi connectivity index (χ1v) is 8.14. The number of hydrogen-bond donors (Lipinski definition) is 4. The Morgan fingerprint density at radius 2 is 1.46 bits per heavy atom. The highest BCUT2D eigenvalue weighted by molar-refractivity contribution is 5.97. The molecular formula is C19H23N3O4. The lowest BCUT2D eigenvalue weighted by atomic mass is 10.0. The Morgan fingerprint density at radius 3 is 1.88 bits per heavy atom. The number of nitrogens with zero attached hydrogens (tertiary/aromatic N) is 1. The molecule has 0 aromatic heterocycles. The van der Waals surface area contributed by atoms with Crippen molar-refractivity contribution in [1.29, 1.82) is 0 Å². The fourth-order valence-electron chi connectivity index (χ4n) is 2.47. The average molecular weight is 357 g/mol. The minimum Gasteiger partial charge on any atom is -0.391 e. The quantitative estimate of drug-likeness (QED) is 0.462. The lowest BCUT2D eigenvalue weighted by Gasteiger charge is -2.19. The standard InChI is InChI=1S/C19H23N3O4/c1-12(23)17(19(25)21-26)20-18(24)15-6-4-13(5-7-15)14-8-10-16(11-9-14)22(2)3/h4-12,17,23,26H,1-3H3,(H,20,24)(H,21,25)/t12-,17+/m1/s1. The van der Waals surface area contributed by atoms with E-state index in [2.05, 4.69) is 5.32 Å². The molecule has 0 radical (unpaired) electrons. The second-order valence-corrected chi connectivity index (χ2v) is 6.19. The van der Waals surface area contributed by atoms with Gasteiger partial charge in [0, 0.05) is 25.3 Å². The van der Waals surface area contributed by atoms with E-state index < -0.39 is 24.0 Å². The van der Waals surface area contributed by atoms with Gasteiger partial charge in [-0.1, -0.05) is 24.3 Å².